The van der Waals surface area contributed by atoms with E-state index in [9.17, 15) is 4.79 Å². The van der Waals surface area contributed by atoms with Crippen LogP contribution >= 0.6 is 11.3 Å². The molecule has 1 heterocycles. The lowest BCUT2D eigenvalue weighted by atomic mass is 10.3. The van der Waals surface area contributed by atoms with Gasteiger partial charge in [0, 0.05) is 0 Å². The molecule has 0 saturated heterocycles. The highest BCUT2D eigenvalue weighted by atomic mass is 32.1. The average molecular weight is 197 g/mol. The number of Topliss-reactive ketones (excluding diaryl/α,β-unsaturated/α-hetero) is 1. The topological polar surface area (TPSA) is 20.3 Å². The Kier molecular flexibility index (Phi) is 4.12. The molecule has 3 heteroatoms. The predicted octanol–water partition coefficient (Wildman–Crippen LogP) is 2.27. The maximum absolute atomic E-state index is 11.6. The van der Waals surface area contributed by atoms with Crippen LogP contribution in [0.25, 0.3) is 0 Å². The molecule has 72 valence electrons. The highest BCUT2D eigenvalue weighted by molar-refractivity contribution is 7.12. The highest BCUT2D eigenvalue weighted by Crippen LogP contribution is 2.09. The first-order valence-electron chi connectivity index (χ1n) is 4.49. The molecule has 13 heavy (non-hydrogen) atoms. The van der Waals surface area contributed by atoms with Crippen LogP contribution in [0.4, 0.5) is 0 Å². The minimum Gasteiger partial charge on any atom is -0.299 e. The van der Waals surface area contributed by atoms with Crippen LogP contribution in [0.1, 0.15) is 23.0 Å². The summed E-state index contributed by atoms with van der Waals surface area (Å²) in [7, 11) is 1.98. The number of carbonyl (C=O) groups is 1. The Morgan fingerprint density at radius 3 is 2.92 bits per heavy atom. The van der Waals surface area contributed by atoms with Gasteiger partial charge in [0.2, 0.25) is 0 Å². The van der Waals surface area contributed by atoms with Gasteiger partial charge in [0.1, 0.15) is 0 Å². The Morgan fingerprint density at radius 1 is 1.62 bits per heavy atom. The number of rotatable bonds is 5. The van der Waals surface area contributed by atoms with E-state index in [2.05, 4.69) is 11.8 Å². The fraction of sp³-hybridized carbons (Fsp3) is 0.500. The van der Waals surface area contributed by atoms with Crippen molar-refractivity contribution in [1.29, 1.82) is 0 Å². The van der Waals surface area contributed by atoms with E-state index in [1.165, 1.54) is 11.3 Å². The van der Waals surface area contributed by atoms with Gasteiger partial charge < -0.3 is 0 Å². The first kappa shape index (κ1) is 10.4. The Morgan fingerprint density at radius 2 is 2.38 bits per heavy atom. The predicted molar refractivity (Wildman–Crippen MR) is 56.4 cm³/mol. The van der Waals surface area contributed by atoms with Crippen molar-refractivity contribution in [2.75, 3.05) is 20.1 Å². The van der Waals surface area contributed by atoms with Gasteiger partial charge in [0.05, 0.1) is 11.4 Å². The third kappa shape index (κ3) is 3.28. The van der Waals surface area contributed by atoms with Gasteiger partial charge in [-0.25, -0.2) is 0 Å². The molecule has 2 nitrogen and oxygen atoms in total. The van der Waals surface area contributed by atoms with E-state index in [0.29, 0.717) is 6.54 Å². The normalized spacial score (nSPS) is 10.7. The van der Waals surface area contributed by atoms with Crippen molar-refractivity contribution < 1.29 is 4.79 Å². The molecule has 1 aromatic rings. The summed E-state index contributed by atoms with van der Waals surface area (Å²) in [5, 5.41) is 1.94. The molecule has 1 aromatic heterocycles. The summed E-state index contributed by atoms with van der Waals surface area (Å²) < 4.78 is 0. The van der Waals surface area contributed by atoms with Gasteiger partial charge in [-0.05, 0) is 31.5 Å². The molecule has 0 atom stereocenters. The lowest BCUT2D eigenvalue weighted by Gasteiger charge is -2.13. The van der Waals surface area contributed by atoms with E-state index in [-0.39, 0.29) is 5.78 Å². The van der Waals surface area contributed by atoms with Crippen molar-refractivity contribution in [3.63, 3.8) is 0 Å². The molecule has 0 aromatic carbocycles. The maximum atomic E-state index is 11.6. The van der Waals surface area contributed by atoms with Gasteiger partial charge >= 0.3 is 0 Å². The first-order chi connectivity index (χ1) is 6.24. The number of likely N-dealkylation sites (N-methyl/N-ethyl adjacent to an activating group) is 1. The SMILES string of the molecule is CCCN(C)CC(=O)c1cccs1. The van der Waals surface area contributed by atoms with Crippen LogP contribution in [0.2, 0.25) is 0 Å². The first-order valence-corrected chi connectivity index (χ1v) is 5.37. The minimum atomic E-state index is 0.228. The summed E-state index contributed by atoms with van der Waals surface area (Å²) in [5.74, 6) is 0.228. The minimum absolute atomic E-state index is 0.228. The van der Waals surface area contributed by atoms with E-state index in [1.54, 1.807) is 0 Å². The molecule has 0 spiro atoms. The summed E-state index contributed by atoms with van der Waals surface area (Å²) in [6.45, 7) is 3.64. The van der Waals surface area contributed by atoms with E-state index in [1.807, 2.05) is 24.6 Å². The molecule has 1 rings (SSSR count). The quantitative estimate of drug-likeness (QED) is 0.675. The van der Waals surface area contributed by atoms with Crippen molar-refractivity contribution in [2.45, 2.75) is 13.3 Å². The number of hydrogen-bond acceptors (Lipinski definition) is 3. The van der Waals surface area contributed by atoms with Crippen LogP contribution in [-0.2, 0) is 0 Å². The molecular weight excluding hydrogens is 182 g/mol. The van der Waals surface area contributed by atoms with E-state index < -0.39 is 0 Å². The Hall–Kier alpha value is -0.670. The molecule has 0 aliphatic rings. The molecular formula is C10H15NOS. The summed E-state index contributed by atoms with van der Waals surface area (Å²) in [4.78, 5) is 14.5. The third-order valence-electron chi connectivity index (χ3n) is 1.81. The van der Waals surface area contributed by atoms with Crippen LogP contribution in [0, 0.1) is 0 Å². The molecule has 0 radical (unpaired) electrons. The van der Waals surface area contributed by atoms with Crippen molar-refractivity contribution >= 4 is 17.1 Å². The van der Waals surface area contributed by atoms with E-state index in [4.69, 9.17) is 0 Å². The van der Waals surface area contributed by atoms with Crippen LogP contribution < -0.4 is 0 Å². The van der Waals surface area contributed by atoms with E-state index in [0.717, 1.165) is 17.8 Å². The fourth-order valence-corrected chi connectivity index (χ4v) is 1.88. The smallest absolute Gasteiger partial charge is 0.186 e. The lowest BCUT2D eigenvalue weighted by Crippen LogP contribution is -2.26. The lowest BCUT2D eigenvalue weighted by molar-refractivity contribution is 0.0950. The molecule has 0 saturated carbocycles. The Labute approximate surface area is 83.2 Å². The van der Waals surface area contributed by atoms with Crippen LogP contribution in [0.15, 0.2) is 17.5 Å². The van der Waals surface area contributed by atoms with Crippen molar-refractivity contribution in [2.24, 2.45) is 0 Å². The van der Waals surface area contributed by atoms with Gasteiger partial charge in [0.15, 0.2) is 5.78 Å². The number of ketones is 1. The van der Waals surface area contributed by atoms with Gasteiger partial charge in [-0.1, -0.05) is 13.0 Å². The van der Waals surface area contributed by atoms with Gasteiger partial charge in [0.25, 0.3) is 0 Å². The average Bonchev–Trinajstić information content (AvgIpc) is 2.55. The summed E-state index contributed by atoms with van der Waals surface area (Å²) in [5.41, 5.74) is 0. The Bertz CT molecular complexity index is 256. The standard InChI is InChI=1S/C10H15NOS/c1-3-6-11(2)8-9(12)10-5-4-7-13-10/h4-5,7H,3,6,8H2,1-2H3. The largest absolute Gasteiger partial charge is 0.299 e. The number of hydrogen-bond donors (Lipinski definition) is 0. The van der Waals surface area contributed by atoms with Crippen molar-refractivity contribution in [3.8, 4) is 0 Å². The molecule has 0 amide bonds. The van der Waals surface area contributed by atoms with Gasteiger partial charge in [-0.2, -0.15) is 0 Å². The molecule has 0 N–H and O–H groups in total. The summed E-state index contributed by atoms with van der Waals surface area (Å²) in [6, 6.07) is 3.80. The van der Waals surface area contributed by atoms with Gasteiger partial charge in [-0.3, -0.25) is 9.69 Å². The van der Waals surface area contributed by atoms with Crippen LogP contribution in [0.3, 0.4) is 0 Å². The second-order valence-corrected chi connectivity index (χ2v) is 4.09. The second kappa shape index (κ2) is 5.14. The van der Waals surface area contributed by atoms with Crippen LogP contribution in [-0.4, -0.2) is 30.8 Å². The number of nitrogens with zero attached hydrogens (tertiary/aromatic N) is 1. The molecule has 0 aliphatic carbocycles. The highest BCUT2D eigenvalue weighted by Gasteiger charge is 2.08. The second-order valence-electron chi connectivity index (χ2n) is 3.14. The third-order valence-corrected chi connectivity index (χ3v) is 2.73. The zero-order valence-corrected chi connectivity index (χ0v) is 8.93. The zero-order chi connectivity index (χ0) is 9.68. The molecule has 0 aliphatic heterocycles. The maximum Gasteiger partial charge on any atom is 0.186 e. The van der Waals surface area contributed by atoms with Crippen LogP contribution in [0.5, 0.6) is 0 Å². The van der Waals surface area contributed by atoms with Crippen molar-refractivity contribution in [3.05, 3.63) is 22.4 Å². The van der Waals surface area contributed by atoms with E-state index >= 15 is 0 Å². The summed E-state index contributed by atoms with van der Waals surface area (Å²) >= 11 is 1.51. The zero-order valence-electron chi connectivity index (χ0n) is 8.12. The van der Waals surface area contributed by atoms with Crippen molar-refractivity contribution in [1.82, 2.24) is 4.90 Å². The molecule has 0 bridgehead atoms. The fourth-order valence-electron chi connectivity index (χ4n) is 1.22. The van der Waals surface area contributed by atoms with Gasteiger partial charge in [-0.15, -0.1) is 11.3 Å². The molecule has 0 fully saturated rings. The Balaban J connectivity index is 2.42. The summed E-state index contributed by atoms with van der Waals surface area (Å²) in [6.07, 6.45) is 1.09. The monoisotopic (exact) mass is 197 g/mol. The number of thiophene rings is 1. The number of carbonyl (C=O) groups excluding carboxylic acids is 1. The molecule has 0 unspecified atom stereocenters.